The number of carbonyl (C=O) groups is 2. The Morgan fingerprint density at radius 1 is 0.362 bits per heavy atom. The van der Waals surface area contributed by atoms with Crippen LogP contribution in [0.25, 0.3) is 0 Å². The SMILES string of the molecule is Cl.Cl.O=C(c1ccccc1SSc1ccccc1C(=O)N1CCN(C(c2ccccc2)c2ccccc2)CC1)N1CCN(C(c2ccccc2)c2ccccc2)CC1. The molecular formula is C48H48Cl2N4O2S2. The van der Waals surface area contributed by atoms with E-state index in [0.717, 1.165) is 36.0 Å². The highest BCUT2D eigenvalue weighted by Crippen LogP contribution is 2.41. The van der Waals surface area contributed by atoms with Gasteiger partial charge in [-0.15, -0.1) is 24.8 Å². The van der Waals surface area contributed by atoms with Gasteiger partial charge in [-0.25, -0.2) is 0 Å². The molecule has 8 rings (SSSR count). The number of hydrogen-bond donors (Lipinski definition) is 0. The second-order valence-electron chi connectivity index (χ2n) is 14.3. The van der Waals surface area contributed by atoms with Gasteiger partial charge >= 0.3 is 0 Å². The number of halogens is 2. The van der Waals surface area contributed by atoms with E-state index in [-0.39, 0.29) is 48.7 Å². The monoisotopic (exact) mass is 846 g/mol. The maximum Gasteiger partial charge on any atom is 0.255 e. The number of hydrogen-bond acceptors (Lipinski definition) is 6. The predicted molar refractivity (Wildman–Crippen MR) is 244 cm³/mol. The van der Waals surface area contributed by atoms with Gasteiger partial charge in [0.1, 0.15) is 0 Å². The third-order valence-corrected chi connectivity index (χ3v) is 13.3. The van der Waals surface area contributed by atoms with Crippen LogP contribution in [0.3, 0.4) is 0 Å². The Morgan fingerprint density at radius 2 is 0.621 bits per heavy atom. The van der Waals surface area contributed by atoms with E-state index in [4.69, 9.17) is 0 Å². The minimum absolute atomic E-state index is 0. The average molecular weight is 848 g/mol. The molecule has 10 heteroatoms. The Balaban J connectivity index is 0.00000283. The summed E-state index contributed by atoms with van der Waals surface area (Å²) in [7, 11) is 3.10. The van der Waals surface area contributed by atoms with Crippen molar-refractivity contribution in [1.82, 2.24) is 19.6 Å². The second kappa shape index (κ2) is 20.9. The molecule has 6 nitrogen and oxygen atoms in total. The fourth-order valence-electron chi connectivity index (χ4n) is 8.00. The van der Waals surface area contributed by atoms with Crippen LogP contribution < -0.4 is 0 Å². The van der Waals surface area contributed by atoms with Crippen LogP contribution in [0.4, 0.5) is 0 Å². The summed E-state index contributed by atoms with van der Waals surface area (Å²) >= 11 is 0. The van der Waals surface area contributed by atoms with E-state index in [9.17, 15) is 9.59 Å². The fourth-order valence-corrected chi connectivity index (χ4v) is 10.3. The number of benzene rings is 6. The van der Waals surface area contributed by atoms with E-state index < -0.39 is 0 Å². The largest absolute Gasteiger partial charge is 0.336 e. The highest BCUT2D eigenvalue weighted by atomic mass is 35.5. The fraction of sp³-hybridized carbons (Fsp3) is 0.208. The smallest absolute Gasteiger partial charge is 0.255 e. The van der Waals surface area contributed by atoms with Crippen molar-refractivity contribution in [3.63, 3.8) is 0 Å². The Hall–Kier alpha value is -4.54. The van der Waals surface area contributed by atoms with Crippen LogP contribution in [-0.4, -0.2) is 83.8 Å². The van der Waals surface area contributed by atoms with Crippen molar-refractivity contribution in [3.8, 4) is 0 Å². The summed E-state index contributed by atoms with van der Waals surface area (Å²) in [5.74, 6) is 0.103. The summed E-state index contributed by atoms with van der Waals surface area (Å²) in [4.78, 5) is 39.0. The summed E-state index contributed by atoms with van der Waals surface area (Å²) < 4.78 is 0. The molecule has 0 atom stereocenters. The van der Waals surface area contributed by atoms with Gasteiger partial charge in [0.25, 0.3) is 11.8 Å². The van der Waals surface area contributed by atoms with Gasteiger partial charge in [-0.3, -0.25) is 19.4 Å². The zero-order valence-electron chi connectivity index (χ0n) is 32.2. The van der Waals surface area contributed by atoms with Crippen LogP contribution in [0.5, 0.6) is 0 Å². The van der Waals surface area contributed by atoms with E-state index in [0.29, 0.717) is 37.3 Å². The Morgan fingerprint density at radius 3 is 0.914 bits per heavy atom. The molecule has 2 fully saturated rings. The van der Waals surface area contributed by atoms with Gasteiger partial charge in [0, 0.05) is 62.1 Å². The van der Waals surface area contributed by atoms with Crippen LogP contribution in [0.15, 0.2) is 180 Å². The van der Waals surface area contributed by atoms with Crippen molar-refractivity contribution in [2.24, 2.45) is 0 Å². The van der Waals surface area contributed by atoms with Crippen molar-refractivity contribution in [1.29, 1.82) is 0 Å². The topological polar surface area (TPSA) is 47.1 Å². The second-order valence-corrected chi connectivity index (χ2v) is 16.5. The first-order valence-electron chi connectivity index (χ1n) is 19.4. The number of carbonyl (C=O) groups excluding carboxylic acids is 2. The highest BCUT2D eigenvalue weighted by molar-refractivity contribution is 8.76. The number of amides is 2. The summed E-state index contributed by atoms with van der Waals surface area (Å²) in [6, 6.07) is 58.6. The molecular weight excluding hydrogens is 800 g/mol. The number of rotatable bonds is 11. The number of nitrogens with zero attached hydrogens (tertiary/aromatic N) is 4. The molecule has 0 aliphatic carbocycles. The molecule has 6 aromatic rings. The molecule has 0 aromatic heterocycles. The first kappa shape index (κ1) is 43.0. The van der Waals surface area contributed by atoms with Gasteiger partial charge in [-0.05, 0) is 46.5 Å². The molecule has 2 heterocycles. The van der Waals surface area contributed by atoms with Crippen molar-refractivity contribution in [3.05, 3.63) is 203 Å². The first-order valence-corrected chi connectivity index (χ1v) is 21.6. The van der Waals surface area contributed by atoms with Crippen molar-refractivity contribution in [2.75, 3.05) is 52.4 Å². The standard InChI is InChI=1S/C48H46N4O2S2.2ClH/c53-47(51-33-29-49(30-34-51)45(37-17-5-1-6-18-37)38-19-7-2-8-20-38)41-25-13-15-27-43(41)55-56-44-28-16-14-26-42(44)48(54)52-35-31-50(32-36-52)46(39-21-9-3-10-22-39)40-23-11-4-12-24-40;;/h1-28,45-46H,29-36H2;2*1H. The Kier molecular flexibility index (Phi) is 15.5. The predicted octanol–water partition coefficient (Wildman–Crippen LogP) is 10.4. The third kappa shape index (κ3) is 10.0. The lowest BCUT2D eigenvalue weighted by atomic mass is 9.96. The van der Waals surface area contributed by atoms with E-state index in [2.05, 4.69) is 131 Å². The van der Waals surface area contributed by atoms with Crippen LogP contribution in [0, 0.1) is 0 Å². The van der Waals surface area contributed by atoms with Crippen LogP contribution in [0.2, 0.25) is 0 Å². The first-order chi connectivity index (χ1) is 27.6. The van der Waals surface area contributed by atoms with E-state index >= 15 is 0 Å². The lowest BCUT2D eigenvalue weighted by Crippen LogP contribution is -2.50. The number of piperazine rings is 2. The van der Waals surface area contributed by atoms with Gasteiger partial charge in [-0.1, -0.05) is 167 Å². The highest BCUT2D eigenvalue weighted by Gasteiger charge is 2.31. The lowest BCUT2D eigenvalue weighted by molar-refractivity contribution is 0.0588. The molecule has 2 aliphatic rings. The van der Waals surface area contributed by atoms with Gasteiger partial charge in [0.05, 0.1) is 23.2 Å². The van der Waals surface area contributed by atoms with Gasteiger partial charge in [-0.2, -0.15) is 0 Å². The molecule has 2 aliphatic heterocycles. The van der Waals surface area contributed by atoms with Crippen molar-refractivity contribution >= 4 is 58.2 Å². The lowest BCUT2D eigenvalue weighted by Gasteiger charge is -2.40. The zero-order chi connectivity index (χ0) is 38.1. The molecule has 6 aromatic carbocycles. The molecule has 2 amide bonds. The van der Waals surface area contributed by atoms with Crippen LogP contribution in [0.1, 0.15) is 55.1 Å². The van der Waals surface area contributed by atoms with Gasteiger partial charge in [0.15, 0.2) is 0 Å². The van der Waals surface area contributed by atoms with Crippen molar-refractivity contribution < 1.29 is 9.59 Å². The van der Waals surface area contributed by atoms with Gasteiger partial charge < -0.3 is 9.80 Å². The molecule has 0 radical (unpaired) electrons. The van der Waals surface area contributed by atoms with Crippen molar-refractivity contribution in [2.45, 2.75) is 21.9 Å². The Bertz CT molecular complexity index is 1970. The maximum atomic E-state index is 14.1. The van der Waals surface area contributed by atoms with Gasteiger partial charge in [0.2, 0.25) is 0 Å². The average Bonchev–Trinajstić information content (AvgIpc) is 3.27. The minimum Gasteiger partial charge on any atom is -0.336 e. The van der Waals surface area contributed by atoms with E-state index in [1.54, 1.807) is 21.6 Å². The quantitative estimate of drug-likeness (QED) is 0.121. The molecule has 0 unspecified atom stereocenters. The molecule has 0 spiro atoms. The molecule has 0 saturated carbocycles. The van der Waals surface area contributed by atoms with E-state index in [1.807, 2.05) is 58.3 Å². The summed E-state index contributed by atoms with van der Waals surface area (Å²) in [6.45, 7) is 5.76. The zero-order valence-corrected chi connectivity index (χ0v) is 35.5. The minimum atomic E-state index is 0. The van der Waals surface area contributed by atoms with E-state index in [1.165, 1.54) is 22.3 Å². The molecule has 2 saturated heterocycles. The van der Waals surface area contributed by atoms with Crippen LogP contribution >= 0.6 is 46.4 Å². The molecule has 0 bridgehead atoms. The maximum absolute atomic E-state index is 14.1. The summed E-state index contributed by atoms with van der Waals surface area (Å²) in [6.07, 6.45) is 0. The molecule has 0 N–H and O–H groups in total. The summed E-state index contributed by atoms with van der Waals surface area (Å²) in [5, 5.41) is 0. The molecule has 298 valence electrons. The summed E-state index contributed by atoms with van der Waals surface area (Å²) in [5.41, 5.74) is 6.45. The van der Waals surface area contributed by atoms with Crippen LogP contribution in [-0.2, 0) is 0 Å². The Labute approximate surface area is 362 Å². The molecule has 58 heavy (non-hydrogen) atoms. The third-order valence-electron chi connectivity index (χ3n) is 10.9. The normalized spacial score (nSPS) is 14.8.